The number of hydrogen-bond acceptors (Lipinski definition) is 2. The van der Waals surface area contributed by atoms with Crippen molar-refractivity contribution in [1.82, 2.24) is 5.06 Å². The molecule has 0 aromatic carbocycles. The molecule has 0 aromatic rings. The van der Waals surface area contributed by atoms with E-state index in [1.807, 2.05) is 0 Å². The lowest BCUT2D eigenvalue weighted by Crippen LogP contribution is -2.62. The van der Waals surface area contributed by atoms with Gasteiger partial charge in [0, 0.05) is 11.1 Å². The first-order valence-corrected chi connectivity index (χ1v) is 5.86. The third-order valence-electron chi connectivity index (χ3n) is 3.00. The maximum absolute atomic E-state index is 6.08. The molecule has 0 aliphatic carbocycles. The average Bonchev–Trinajstić information content (AvgIpc) is 1.95. The molecule has 0 amide bonds. The van der Waals surface area contributed by atoms with Crippen molar-refractivity contribution >= 4 is 0 Å². The Bertz CT molecular complexity index is 212. The van der Waals surface area contributed by atoms with E-state index in [1.165, 1.54) is 19.3 Å². The van der Waals surface area contributed by atoms with Crippen LogP contribution >= 0.6 is 0 Å². The normalized spacial score (nSPS) is 26.6. The minimum absolute atomic E-state index is 0.132. The quantitative estimate of drug-likeness (QED) is 0.518. The predicted octanol–water partition coefficient (Wildman–Crippen LogP) is 2.58. The van der Waals surface area contributed by atoms with Crippen LogP contribution in [0.2, 0.25) is 0 Å². The molecule has 0 atom stereocenters. The van der Waals surface area contributed by atoms with Gasteiger partial charge in [0.25, 0.3) is 0 Å². The van der Waals surface area contributed by atoms with Gasteiger partial charge in [0.15, 0.2) is 0 Å². The van der Waals surface area contributed by atoms with Crippen LogP contribution in [0, 0.1) is 0 Å². The summed E-state index contributed by atoms with van der Waals surface area (Å²) in [5.74, 6) is 0. The van der Waals surface area contributed by atoms with Gasteiger partial charge < -0.3 is 0 Å². The van der Waals surface area contributed by atoms with Crippen LogP contribution in [0.1, 0.15) is 47.0 Å². The molecule has 1 aliphatic heterocycles. The van der Waals surface area contributed by atoms with Crippen molar-refractivity contribution in [2.45, 2.75) is 58.0 Å². The molecule has 1 rings (SSSR count). The SMILES string of the molecule is CC1(C)CCCC(C)(C)N1O[N+](C)(C)C. The molecule has 0 radical (unpaired) electrons. The Hall–Kier alpha value is -0.120. The summed E-state index contributed by atoms with van der Waals surface area (Å²) in [5.41, 5.74) is 0.264. The first-order chi connectivity index (χ1) is 6.55. The summed E-state index contributed by atoms with van der Waals surface area (Å²) < 4.78 is 0.521. The lowest BCUT2D eigenvalue weighted by molar-refractivity contribution is -1.09. The highest BCUT2D eigenvalue weighted by atomic mass is 16.9. The smallest absolute Gasteiger partial charge is 0.1000 e. The molecule has 1 saturated heterocycles. The maximum atomic E-state index is 6.08. The molecular formula is C12H27N2O+. The fourth-order valence-corrected chi connectivity index (χ4v) is 2.44. The maximum Gasteiger partial charge on any atom is 0.1000 e. The fourth-order valence-electron chi connectivity index (χ4n) is 2.44. The van der Waals surface area contributed by atoms with E-state index in [2.05, 4.69) is 53.9 Å². The average molecular weight is 215 g/mol. The molecule has 3 heteroatoms. The van der Waals surface area contributed by atoms with Crippen LogP contribution in [0.5, 0.6) is 0 Å². The highest BCUT2D eigenvalue weighted by molar-refractivity contribution is 4.92. The summed E-state index contributed by atoms with van der Waals surface area (Å²) in [5, 5.41) is 2.20. The molecule has 0 bridgehead atoms. The van der Waals surface area contributed by atoms with Crippen LogP contribution in [0.15, 0.2) is 0 Å². The number of rotatable bonds is 2. The van der Waals surface area contributed by atoms with Gasteiger partial charge in [-0.15, -0.1) is 10.0 Å². The Morgan fingerprint density at radius 3 is 1.67 bits per heavy atom. The minimum atomic E-state index is 0.132. The highest BCUT2D eigenvalue weighted by Crippen LogP contribution is 2.38. The summed E-state index contributed by atoms with van der Waals surface area (Å²) in [6, 6.07) is 0. The van der Waals surface area contributed by atoms with Gasteiger partial charge in [0.2, 0.25) is 0 Å². The first-order valence-electron chi connectivity index (χ1n) is 5.86. The molecule has 15 heavy (non-hydrogen) atoms. The molecule has 90 valence electrons. The van der Waals surface area contributed by atoms with Gasteiger partial charge in [-0.05, 0) is 47.0 Å². The molecule has 3 nitrogen and oxygen atoms in total. The molecule has 1 heterocycles. The van der Waals surface area contributed by atoms with Gasteiger partial charge >= 0.3 is 0 Å². The minimum Gasteiger partial charge on any atom is -0.167 e. The van der Waals surface area contributed by atoms with Crippen molar-refractivity contribution < 1.29 is 9.58 Å². The topological polar surface area (TPSA) is 12.5 Å². The highest BCUT2D eigenvalue weighted by Gasteiger charge is 2.45. The fraction of sp³-hybridized carbons (Fsp3) is 1.00. The monoisotopic (exact) mass is 215 g/mol. The van der Waals surface area contributed by atoms with Gasteiger partial charge in [0.1, 0.15) is 0 Å². The lowest BCUT2D eigenvalue weighted by atomic mass is 9.82. The molecule has 0 aromatic heterocycles. The zero-order valence-electron chi connectivity index (χ0n) is 11.4. The number of hydrogen-bond donors (Lipinski definition) is 0. The Labute approximate surface area is 94.5 Å². The number of piperidine rings is 1. The number of nitrogens with zero attached hydrogens (tertiary/aromatic N) is 2. The zero-order valence-corrected chi connectivity index (χ0v) is 11.4. The molecule has 0 saturated carbocycles. The third-order valence-corrected chi connectivity index (χ3v) is 3.00. The van der Waals surface area contributed by atoms with E-state index in [0.717, 1.165) is 0 Å². The second-order valence-corrected chi connectivity index (χ2v) is 6.74. The molecule has 0 spiro atoms. The van der Waals surface area contributed by atoms with Crippen molar-refractivity contribution in [2.24, 2.45) is 0 Å². The van der Waals surface area contributed by atoms with E-state index < -0.39 is 0 Å². The van der Waals surface area contributed by atoms with E-state index in [-0.39, 0.29) is 11.1 Å². The molecule has 1 fully saturated rings. The number of quaternary nitrogens is 1. The van der Waals surface area contributed by atoms with Crippen LogP contribution in [0.4, 0.5) is 0 Å². The Morgan fingerprint density at radius 2 is 1.33 bits per heavy atom. The predicted molar refractivity (Wildman–Crippen MR) is 63.0 cm³/mol. The summed E-state index contributed by atoms with van der Waals surface area (Å²) in [4.78, 5) is 6.08. The molecule has 0 unspecified atom stereocenters. The van der Waals surface area contributed by atoms with E-state index in [0.29, 0.717) is 4.65 Å². The van der Waals surface area contributed by atoms with Crippen molar-refractivity contribution in [3.63, 3.8) is 0 Å². The summed E-state index contributed by atoms with van der Waals surface area (Å²) in [7, 11) is 6.17. The Balaban J connectivity index is 2.87. The van der Waals surface area contributed by atoms with Gasteiger partial charge in [-0.1, -0.05) is 0 Å². The second-order valence-electron chi connectivity index (χ2n) is 6.74. The molecular weight excluding hydrogens is 188 g/mol. The number of hydroxylamine groups is 5. The van der Waals surface area contributed by atoms with Crippen LogP contribution in [0.3, 0.4) is 0 Å². The lowest BCUT2D eigenvalue weighted by Gasteiger charge is -2.51. The Kier molecular flexibility index (Phi) is 3.21. The van der Waals surface area contributed by atoms with E-state index in [9.17, 15) is 0 Å². The van der Waals surface area contributed by atoms with Crippen LogP contribution < -0.4 is 0 Å². The van der Waals surface area contributed by atoms with Crippen LogP contribution in [-0.4, -0.2) is 41.9 Å². The second kappa shape index (κ2) is 3.72. The van der Waals surface area contributed by atoms with Crippen molar-refractivity contribution in [2.75, 3.05) is 21.1 Å². The van der Waals surface area contributed by atoms with E-state index in [4.69, 9.17) is 4.94 Å². The standard InChI is InChI=1S/C12H27N2O/c1-11(2)9-8-10-12(3,4)13(11)15-14(5,6)7/h8-10H2,1-7H3/q+1. The van der Waals surface area contributed by atoms with Gasteiger partial charge in [0.05, 0.1) is 21.1 Å². The van der Waals surface area contributed by atoms with Crippen LogP contribution in [0.25, 0.3) is 0 Å². The van der Waals surface area contributed by atoms with Gasteiger partial charge in [-0.3, -0.25) is 0 Å². The Morgan fingerprint density at radius 1 is 0.933 bits per heavy atom. The zero-order chi connectivity index (χ0) is 11.9. The summed E-state index contributed by atoms with van der Waals surface area (Å²) in [6.07, 6.45) is 3.70. The summed E-state index contributed by atoms with van der Waals surface area (Å²) in [6.45, 7) is 9.07. The third kappa shape index (κ3) is 3.16. The van der Waals surface area contributed by atoms with Gasteiger partial charge in [-0.25, -0.2) is 0 Å². The first kappa shape index (κ1) is 12.9. The van der Waals surface area contributed by atoms with Crippen LogP contribution in [-0.2, 0) is 4.94 Å². The molecule has 0 N–H and O–H groups in total. The van der Waals surface area contributed by atoms with Crippen molar-refractivity contribution in [3.05, 3.63) is 0 Å². The van der Waals surface area contributed by atoms with E-state index in [1.54, 1.807) is 0 Å². The largest absolute Gasteiger partial charge is 0.167 e. The van der Waals surface area contributed by atoms with Crippen molar-refractivity contribution in [1.29, 1.82) is 0 Å². The van der Waals surface area contributed by atoms with Crippen molar-refractivity contribution in [3.8, 4) is 0 Å². The van der Waals surface area contributed by atoms with E-state index >= 15 is 0 Å². The molecule has 1 aliphatic rings. The summed E-state index contributed by atoms with van der Waals surface area (Å²) >= 11 is 0. The van der Waals surface area contributed by atoms with Gasteiger partial charge in [-0.2, -0.15) is 4.65 Å².